The van der Waals surface area contributed by atoms with Gasteiger partial charge < -0.3 is 14.9 Å². The normalized spacial score (nSPS) is 36.0. The molecule has 2 fully saturated rings. The molecule has 1 saturated carbocycles. The number of ketones is 1. The summed E-state index contributed by atoms with van der Waals surface area (Å²) in [6.07, 6.45) is 4.23. The van der Waals surface area contributed by atoms with Crippen LogP contribution < -0.4 is 0 Å². The maximum Gasteiger partial charge on any atom is 0.309 e. The van der Waals surface area contributed by atoms with Crippen molar-refractivity contribution in [1.82, 2.24) is 4.98 Å². The van der Waals surface area contributed by atoms with Gasteiger partial charge in [-0.15, -0.1) is 11.3 Å². The fourth-order valence-electron chi connectivity index (χ4n) is 5.22. The molecule has 0 unspecified atom stereocenters. The van der Waals surface area contributed by atoms with Crippen LogP contribution in [0.25, 0.3) is 6.08 Å². The van der Waals surface area contributed by atoms with E-state index in [-0.39, 0.29) is 24.2 Å². The summed E-state index contributed by atoms with van der Waals surface area (Å²) in [6.45, 7) is 10.9. The van der Waals surface area contributed by atoms with Gasteiger partial charge in [0.25, 0.3) is 0 Å². The van der Waals surface area contributed by atoms with Crippen molar-refractivity contribution in [3.63, 3.8) is 0 Å². The molecule has 1 aliphatic heterocycles. The highest BCUT2D eigenvalue weighted by atomic mass is 32.1. The number of aliphatic hydroxyl groups excluding tert-OH is 2. The molecule has 2 N–H and O–H groups in total. The summed E-state index contributed by atoms with van der Waals surface area (Å²) in [5.74, 6) is -0.234. The number of hydrogen-bond acceptors (Lipinski definition) is 7. The van der Waals surface area contributed by atoms with E-state index in [2.05, 4.69) is 4.98 Å². The first-order valence-electron chi connectivity index (χ1n) is 12.6. The summed E-state index contributed by atoms with van der Waals surface area (Å²) < 4.78 is 5.90. The Bertz CT molecular complexity index is 907. The number of aliphatic hydroxyl groups is 2. The zero-order chi connectivity index (χ0) is 25.2. The Morgan fingerprint density at radius 3 is 2.53 bits per heavy atom. The summed E-state index contributed by atoms with van der Waals surface area (Å²) in [7, 11) is 0. The summed E-state index contributed by atoms with van der Waals surface area (Å²) in [6, 6.07) is 0. The molecule has 1 aliphatic carbocycles. The minimum atomic E-state index is -1.19. The average molecular weight is 492 g/mol. The van der Waals surface area contributed by atoms with Gasteiger partial charge in [-0.1, -0.05) is 40.5 Å². The Morgan fingerprint density at radius 2 is 1.88 bits per heavy atom. The third kappa shape index (κ3) is 6.55. The highest BCUT2D eigenvalue weighted by molar-refractivity contribution is 7.09. The first kappa shape index (κ1) is 27.0. The molecule has 1 saturated heterocycles. The van der Waals surface area contributed by atoms with E-state index in [9.17, 15) is 19.8 Å². The quantitative estimate of drug-likeness (QED) is 0.568. The molecule has 1 aromatic heterocycles. The SMILES string of the molecule is CC(=Cc1csc(C)n1)[C@@H]1C[C@@H]2C[C@@H]2CCC[C@H](C)[C@H](O)[C@@H](C)C(=O)C(C)(C)[C@@H](O)CC(=O)O1. The third-order valence-electron chi connectivity index (χ3n) is 7.95. The fraction of sp³-hybridized carbons (Fsp3) is 0.741. The van der Waals surface area contributed by atoms with Crippen molar-refractivity contribution < 1.29 is 24.5 Å². The number of fused-ring (bicyclic) bond motifs is 1. The highest BCUT2D eigenvalue weighted by Gasteiger charge is 2.43. The summed E-state index contributed by atoms with van der Waals surface area (Å²) in [5.41, 5.74) is 0.639. The van der Waals surface area contributed by atoms with Crippen LogP contribution in [0.1, 0.15) is 83.8 Å². The van der Waals surface area contributed by atoms with E-state index in [1.165, 1.54) is 0 Å². The summed E-state index contributed by atoms with van der Waals surface area (Å²) >= 11 is 1.58. The summed E-state index contributed by atoms with van der Waals surface area (Å²) in [5, 5.41) is 24.6. The van der Waals surface area contributed by atoms with Crippen LogP contribution in [0.3, 0.4) is 0 Å². The molecule has 7 heteroatoms. The molecular weight excluding hydrogens is 450 g/mol. The van der Waals surface area contributed by atoms with Crippen molar-refractivity contribution in [3.8, 4) is 0 Å². The molecule has 0 amide bonds. The number of cyclic esters (lactones) is 1. The predicted molar refractivity (Wildman–Crippen MR) is 134 cm³/mol. The zero-order valence-electron chi connectivity index (χ0n) is 21.4. The number of thiazole rings is 1. The second-order valence-corrected chi connectivity index (χ2v) is 12.2. The molecule has 3 rings (SSSR count). The topological polar surface area (TPSA) is 96.7 Å². The van der Waals surface area contributed by atoms with Crippen molar-refractivity contribution in [3.05, 3.63) is 21.7 Å². The predicted octanol–water partition coefficient (Wildman–Crippen LogP) is 4.96. The van der Waals surface area contributed by atoms with Crippen molar-refractivity contribution >= 4 is 29.2 Å². The first-order valence-corrected chi connectivity index (χ1v) is 13.5. The Balaban J connectivity index is 1.81. The highest BCUT2D eigenvalue weighted by Crippen LogP contribution is 2.47. The second kappa shape index (κ2) is 11.0. The van der Waals surface area contributed by atoms with Gasteiger partial charge in [0.05, 0.1) is 34.7 Å². The number of hydrogen-bond donors (Lipinski definition) is 2. The van der Waals surface area contributed by atoms with Crippen molar-refractivity contribution in [1.29, 1.82) is 0 Å². The lowest BCUT2D eigenvalue weighted by Crippen LogP contribution is -2.45. The van der Waals surface area contributed by atoms with E-state index in [1.807, 2.05) is 32.2 Å². The third-order valence-corrected chi connectivity index (χ3v) is 8.74. The molecule has 2 heterocycles. The summed E-state index contributed by atoms with van der Waals surface area (Å²) in [4.78, 5) is 30.6. The number of carbonyl (C=O) groups excluding carboxylic acids is 2. The van der Waals surface area contributed by atoms with Gasteiger partial charge in [0.15, 0.2) is 0 Å². The van der Waals surface area contributed by atoms with Gasteiger partial charge in [-0.2, -0.15) is 0 Å². The number of Topliss-reactive ketones (excluding diaryl/α,β-unsaturated/α-hetero) is 1. The van der Waals surface area contributed by atoms with Crippen LogP contribution in [0.15, 0.2) is 11.0 Å². The number of carbonyl (C=O) groups is 2. The maximum atomic E-state index is 13.2. The van der Waals surface area contributed by atoms with E-state index >= 15 is 0 Å². The molecule has 0 radical (unpaired) electrons. The molecule has 0 bridgehead atoms. The Hall–Kier alpha value is -1.57. The molecule has 7 atom stereocenters. The number of ether oxygens (including phenoxy) is 1. The number of esters is 1. The van der Waals surface area contributed by atoms with Gasteiger partial charge in [-0.25, -0.2) is 4.98 Å². The Kier molecular flexibility index (Phi) is 8.75. The van der Waals surface area contributed by atoms with Gasteiger partial charge in [-0.05, 0) is 62.5 Å². The number of aromatic nitrogens is 1. The van der Waals surface area contributed by atoms with Crippen LogP contribution in [0, 0.1) is 36.0 Å². The number of aryl methyl sites for hydroxylation is 1. The molecule has 6 nitrogen and oxygen atoms in total. The molecule has 2 aliphatic rings. The lowest BCUT2D eigenvalue weighted by Gasteiger charge is -2.34. The Labute approximate surface area is 207 Å². The van der Waals surface area contributed by atoms with E-state index in [4.69, 9.17) is 4.74 Å². The minimum Gasteiger partial charge on any atom is -0.458 e. The average Bonchev–Trinajstić information content (AvgIpc) is 3.38. The van der Waals surface area contributed by atoms with Crippen molar-refractivity contribution in [2.24, 2.45) is 29.1 Å². The molecular formula is C27H41NO5S. The lowest BCUT2D eigenvalue weighted by molar-refractivity contribution is -0.154. The maximum absolute atomic E-state index is 13.2. The molecule has 0 spiro atoms. The number of rotatable bonds is 2. The van der Waals surface area contributed by atoms with E-state index in [0.717, 1.165) is 48.4 Å². The molecule has 0 aromatic carbocycles. The fourth-order valence-corrected chi connectivity index (χ4v) is 5.79. The molecule has 190 valence electrons. The monoisotopic (exact) mass is 491 g/mol. The largest absolute Gasteiger partial charge is 0.458 e. The van der Waals surface area contributed by atoms with E-state index < -0.39 is 29.5 Å². The van der Waals surface area contributed by atoms with Gasteiger partial charge in [0.2, 0.25) is 0 Å². The van der Waals surface area contributed by atoms with Crippen LogP contribution in [0.2, 0.25) is 0 Å². The van der Waals surface area contributed by atoms with Crippen LogP contribution in [0.5, 0.6) is 0 Å². The number of nitrogens with zero attached hydrogens (tertiary/aromatic N) is 1. The van der Waals surface area contributed by atoms with Crippen LogP contribution in [0.4, 0.5) is 0 Å². The van der Waals surface area contributed by atoms with E-state index in [0.29, 0.717) is 11.8 Å². The zero-order valence-corrected chi connectivity index (χ0v) is 22.2. The second-order valence-electron chi connectivity index (χ2n) is 11.1. The molecule has 1 aromatic rings. The van der Waals surface area contributed by atoms with Crippen LogP contribution >= 0.6 is 11.3 Å². The minimum absolute atomic E-state index is 0.00135. The molecule has 34 heavy (non-hydrogen) atoms. The van der Waals surface area contributed by atoms with Gasteiger partial charge in [0, 0.05) is 11.3 Å². The van der Waals surface area contributed by atoms with E-state index in [1.54, 1.807) is 32.1 Å². The van der Waals surface area contributed by atoms with Crippen molar-refractivity contribution in [2.75, 3.05) is 0 Å². The Morgan fingerprint density at radius 1 is 1.18 bits per heavy atom. The smallest absolute Gasteiger partial charge is 0.309 e. The van der Waals surface area contributed by atoms with Gasteiger partial charge >= 0.3 is 5.97 Å². The van der Waals surface area contributed by atoms with Gasteiger partial charge in [0.1, 0.15) is 11.9 Å². The van der Waals surface area contributed by atoms with Crippen LogP contribution in [-0.4, -0.2) is 45.3 Å². The standard InChI is InChI=1S/C27H41NO5S/c1-15-8-7-9-19-11-20(19)12-22(16(2)10-21-14-34-18(4)28-21)33-24(30)13-23(29)27(5,6)26(32)17(3)25(15)31/h10,14-15,17,19-20,22-23,25,29,31H,7-9,11-13H2,1-6H3/t15-,17+,19-,20-,22-,23-,25-/m0/s1. The lowest BCUT2D eigenvalue weighted by atomic mass is 9.73. The van der Waals surface area contributed by atoms with Crippen molar-refractivity contribution in [2.45, 2.75) is 98.4 Å². The first-order chi connectivity index (χ1) is 15.9. The van der Waals surface area contributed by atoms with Crippen LogP contribution in [-0.2, 0) is 14.3 Å². The van der Waals surface area contributed by atoms with Gasteiger partial charge in [-0.3, -0.25) is 9.59 Å².